The standard InChI is InChI=1S/C25H27N5O2/c31-24-10-5-14-29(24)21-9-4-8-20(18-21)25(32)28-15-13-23-26-22(27-30(23)17-16-28)12-11-19-6-2-1-3-7-19/h1-4,6-9,18H,5,10-17H2. The molecule has 3 aromatic rings. The van der Waals surface area contributed by atoms with Crippen molar-refractivity contribution in [3.63, 3.8) is 0 Å². The highest BCUT2D eigenvalue weighted by Gasteiger charge is 2.25. The molecule has 5 rings (SSSR count). The van der Waals surface area contributed by atoms with E-state index < -0.39 is 0 Å². The first-order chi connectivity index (χ1) is 15.7. The zero-order valence-corrected chi connectivity index (χ0v) is 18.1. The number of aromatic nitrogens is 3. The van der Waals surface area contributed by atoms with Crippen molar-refractivity contribution in [2.24, 2.45) is 0 Å². The highest BCUT2D eigenvalue weighted by Crippen LogP contribution is 2.23. The van der Waals surface area contributed by atoms with Gasteiger partial charge in [-0.15, -0.1) is 0 Å². The first-order valence-electron chi connectivity index (χ1n) is 11.3. The molecule has 0 spiro atoms. The van der Waals surface area contributed by atoms with E-state index in [-0.39, 0.29) is 11.8 Å². The third-order valence-corrected chi connectivity index (χ3v) is 6.22. The van der Waals surface area contributed by atoms with Gasteiger partial charge in [-0.3, -0.25) is 9.59 Å². The molecule has 0 N–H and O–H groups in total. The summed E-state index contributed by atoms with van der Waals surface area (Å²) >= 11 is 0. The van der Waals surface area contributed by atoms with Gasteiger partial charge in [0.2, 0.25) is 5.91 Å². The second-order valence-electron chi connectivity index (χ2n) is 8.39. The van der Waals surface area contributed by atoms with E-state index in [1.165, 1.54) is 5.56 Å². The van der Waals surface area contributed by atoms with E-state index in [4.69, 9.17) is 10.1 Å². The van der Waals surface area contributed by atoms with E-state index in [1.54, 1.807) is 4.90 Å². The molecule has 0 radical (unpaired) electrons. The number of anilines is 1. The lowest BCUT2D eigenvalue weighted by molar-refractivity contribution is -0.117. The Morgan fingerprint density at radius 3 is 2.59 bits per heavy atom. The molecule has 7 nitrogen and oxygen atoms in total. The van der Waals surface area contributed by atoms with Crippen molar-refractivity contribution in [1.29, 1.82) is 0 Å². The maximum atomic E-state index is 13.2. The Bertz CT molecular complexity index is 1100. The van der Waals surface area contributed by atoms with Crippen molar-refractivity contribution in [2.45, 2.75) is 38.6 Å². The predicted octanol–water partition coefficient (Wildman–Crippen LogP) is 2.89. The normalized spacial score (nSPS) is 16.2. The van der Waals surface area contributed by atoms with Crippen LogP contribution in [0.4, 0.5) is 5.69 Å². The van der Waals surface area contributed by atoms with Gasteiger partial charge in [0.15, 0.2) is 5.82 Å². The molecule has 0 atom stereocenters. The van der Waals surface area contributed by atoms with Crippen molar-refractivity contribution >= 4 is 17.5 Å². The van der Waals surface area contributed by atoms with Gasteiger partial charge >= 0.3 is 0 Å². The Balaban J connectivity index is 1.23. The summed E-state index contributed by atoms with van der Waals surface area (Å²) in [6.07, 6.45) is 3.87. The maximum Gasteiger partial charge on any atom is 0.254 e. The summed E-state index contributed by atoms with van der Waals surface area (Å²) in [7, 11) is 0. The zero-order chi connectivity index (χ0) is 21.9. The Morgan fingerprint density at radius 1 is 0.906 bits per heavy atom. The van der Waals surface area contributed by atoms with Crippen LogP contribution >= 0.6 is 0 Å². The van der Waals surface area contributed by atoms with Gasteiger partial charge in [0.1, 0.15) is 5.82 Å². The highest BCUT2D eigenvalue weighted by molar-refractivity contribution is 5.99. The molecule has 32 heavy (non-hydrogen) atoms. The number of hydrogen-bond donors (Lipinski definition) is 0. The first-order valence-corrected chi connectivity index (χ1v) is 11.3. The molecule has 164 valence electrons. The number of nitrogens with zero attached hydrogens (tertiary/aromatic N) is 5. The summed E-state index contributed by atoms with van der Waals surface area (Å²) in [5.41, 5.74) is 2.72. The van der Waals surface area contributed by atoms with E-state index in [0.29, 0.717) is 38.0 Å². The van der Waals surface area contributed by atoms with E-state index in [0.717, 1.165) is 43.1 Å². The summed E-state index contributed by atoms with van der Waals surface area (Å²) < 4.78 is 1.95. The molecule has 0 aliphatic carbocycles. The summed E-state index contributed by atoms with van der Waals surface area (Å²) in [6, 6.07) is 17.8. The lowest BCUT2D eigenvalue weighted by Crippen LogP contribution is -2.34. The van der Waals surface area contributed by atoms with Crippen LogP contribution in [0, 0.1) is 0 Å². The summed E-state index contributed by atoms with van der Waals surface area (Å²) in [5.74, 6) is 1.93. The zero-order valence-electron chi connectivity index (χ0n) is 18.1. The number of amides is 2. The molecular formula is C25H27N5O2. The van der Waals surface area contributed by atoms with Gasteiger partial charge in [0, 0.05) is 50.1 Å². The minimum Gasteiger partial charge on any atom is -0.336 e. The molecule has 0 saturated carbocycles. The van der Waals surface area contributed by atoms with Crippen LogP contribution in [-0.4, -0.2) is 51.1 Å². The lowest BCUT2D eigenvalue weighted by atomic mass is 10.1. The lowest BCUT2D eigenvalue weighted by Gasteiger charge is -2.21. The van der Waals surface area contributed by atoms with Gasteiger partial charge in [-0.1, -0.05) is 36.4 Å². The number of aryl methyl sites for hydroxylation is 2. The van der Waals surface area contributed by atoms with Crippen LogP contribution in [0.25, 0.3) is 0 Å². The average molecular weight is 430 g/mol. The van der Waals surface area contributed by atoms with Crippen molar-refractivity contribution in [3.05, 3.63) is 77.4 Å². The number of rotatable bonds is 5. The molecule has 2 amide bonds. The van der Waals surface area contributed by atoms with E-state index in [1.807, 2.05) is 39.9 Å². The Hall–Kier alpha value is -3.48. The molecule has 2 aliphatic rings. The Morgan fingerprint density at radius 2 is 1.78 bits per heavy atom. The molecule has 7 heteroatoms. The smallest absolute Gasteiger partial charge is 0.254 e. The molecule has 0 bridgehead atoms. The van der Waals surface area contributed by atoms with Gasteiger partial charge in [0.25, 0.3) is 5.91 Å². The first kappa shape index (κ1) is 20.4. The third-order valence-electron chi connectivity index (χ3n) is 6.22. The van der Waals surface area contributed by atoms with Gasteiger partial charge in [-0.25, -0.2) is 9.67 Å². The molecular weight excluding hydrogens is 402 g/mol. The van der Waals surface area contributed by atoms with E-state index >= 15 is 0 Å². The molecule has 2 aliphatic heterocycles. The summed E-state index contributed by atoms with van der Waals surface area (Å²) in [6.45, 7) is 2.58. The fraction of sp³-hybridized carbons (Fsp3) is 0.360. The molecule has 2 aromatic carbocycles. The Kier molecular flexibility index (Phi) is 5.71. The van der Waals surface area contributed by atoms with Crippen LogP contribution in [-0.2, 0) is 30.6 Å². The van der Waals surface area contributed by atoms with Crippen LogP contribution in [0.1, 0.15) is 40.4 Å². The molecule has 1 fully saturated rings. The summed E-state index contributed by atoms with van der Waals surface area (Å²) in [4.78, 5) is 33.6. The number of carbonyl (C=O) groups is 2. The van der Waals surface area contributed by atoms with Gasteiger partial charge in [-0.2, -0.15) is 5.10 Å². The second kappa shape index (κ2) is 8.94. The molecule has 3 heterocycles. The van der Waals surface area contributed by atoms with Crippen LogP contribution in [0.2, 0.25) is 0 Å². The Labute approximate surface area is 187 Å². The van der Waals surface area contributed by atoms with Gasteiger partial charge in [-0.05, 0) is 36.6 Å². The third kappa shape index (κ3) is 4.28. The van der Waals surface area contributed by atoms with Crippen molar-refractivity contribution in [3.8, 4) is 0 Å². The van der Waals surface area contributed by atoms with Gasteiger partial charge in [0.05, 0.1) is 6.54 Å². The second-order valence-corrected chi connectivity index (χ2v) is 8.39. The molecule has 1 aromatic heterocycles. The fourth-order valence-corrected chi connectivity index (χ4v) is 4.47. The molecule has 1 saturated heterocycles. The maximum absolute atomic E-state index is 13.2. The van der Waals surface area contributed by atoms with Crippen LogP contribution in [0.3, 0.4) is 0 Å². The van der Waals surface area contributed by atoms with Gasteiger partial charge < -0.3 is 9.80 Å². The number of hydrogen-bond acceptors (Lipinski definition) is 4. The quantitative estimate of drug-likeness (QED) is 0.625. The highest BCUT2D eigenvalue weighted by atomic mass is 16.2. The topological polar surface area (TPSA) is 71.3 Å². The van der Waals surface area contributed by atoms with E-state index in [2.05, 4.69) is 24.3 Å². The minimum atomic E-state index is -0.00597. The number of benzene rings is 2. The van der Waals surface area contributed by atoms with E-state index in [9.17, 15) is 9.59 Å². The number of fused-ring (bicyclic) bond motifs is 1. The summed E-state index contributed by atoms with van der Waals surface area (Å²) in [5, 5.41) is 4.69. The van der Waals surface area contributed by atoms with Crippen LogP contribution in [0.5, 0.6) is 0 Å². The van der Waals surface area contributed by atoms with Crippen molar-refractivity contribution in [1.82, 2.24) is 19.7 Å². The average Bonchev–Trinajstić information content (AvgIpc) is 3.38. The molecule has 0 unspecified atom stereocenters. The monoisotopic (exact) mass is 429 g/mol. The SMILES string of the molecule is O=C(c1cccc(N2CCCC2=O)c1)N1CCc2nc(CCc3ccccc3)nn2CC1. The van der Waals surface area contributed by atoms with Crippen molar-refractivity contribution < 1.29 is 9.59 Å². The minimum absolute atomic E-state index is 0.00597. The van der Waals surface area contributed by atoms with Crippen LogP contribution < -0.4 is 4.90 Å². The van der Waals surface area contributed by atoms with Crippen molar-refractivity contribution in [2.75, 3.05) is 24.5 Å². The predicted molar refractivity (Wildman–Crippen MR) is 122 cm³/mol. The largest absolute Gasteiger partial charge is 0.336 e. The van der Waals surface area contributed by atoms with Crippen LogP contribution in [0.15, 0.2) is 54.6 Å². The fourth-order valence-electron chi connectivity index (χ4n) is 4.47. The number of carbonyl (C=O) groups excluding carboxylic acids is 2.